The van der Waals surface area contributed by atoms with Gasteiger partial charge >= 0.3 is 0 Å². The lowest BCUT2D eigenvalue weighted by atomic mass is 10.1. The lowest BCUT2D eigenvalue weighted by Crippen LogP contribution is -2.25. The van der Waals surface area contributed by atoms with E-state index in [0.717, 1.165) is 50.3 Å². The molecule has 0 radical (unpaired) electrons. The van der Waals surface area contributed by atoms with Crippen LogP contribution in [0.1, 0.15) is 31.4 Å². The predicted octanol–water partition coefficient (Wildman–Crippen LogP) is 5.09. The number of fused-ring (bicyclic) bond motifs is 3. The van der Waals surface area contributed by atoms with Crippen LogP contribution in [0, 0.1) is 6.92 Å². The Labute approximate surface area is 178 Å². The fourth-order valence-electron chi connectivity index (χ4n) is 4.25. The second-order valence-electron chi connectivity index (χ2n) is 7.79. The maximum Gasteiger partial charge on any atom is 0.136 e. The highest BCUT2D eigenvalue weighted by Crippen LogP contribution is 2.35. The summed E-state index contributed by atoms with van der Waals surface area (Å²) >= 11 is 0. The Bertz CT molecular complexity index is 1110. The molecule has 0 amide bonds. The summed E-state index contributed by atoms with van der Waals surface area (Å²) in [6.45, 7) is 11.6. The molecule has 30 heavy (non-hydrogen) atoms. The summed E-state index contributed by atoms with van der Waals surface area (Å²) in [7, 11) is 0. The molecule has 0 bridgehead atoms. The normalized spacial score (nSPS) is 11.6. The van der Waals surface area contributed by atoms with Crippen LogP contribution < -0.4 is 5.32 Å². The van der Waals surface area contributed by atoms with Gasteiger partial charge in [0.05, 0.1) is 16.4 Å². The summed E-state index contributed by atoms with van der Waals surface area (Å²) in [6, 6.07) is 12.7. The van der Waals surface area contributed by atoms with Gasteiger partial charge in [0, 0.05) is 37.1 Å². The fraction of sp³-hybridized carbons (Fsp3) is 0.360. The van der Waals surface area contributed by atoms with E-state index in [4.69, 9.17) is 4.98 Å². The van der Waals surface area contributed by atoms with Crippen molar-refractivity contribution < 1.29 is 0 Å². The van der Waals surface area contributed by atoms with E-state index in [9.17, 15) is 0 Å². The topological polar surface area (TPSA) is 46.0 Å². The van der Waals surface area contributed by atoms with Crippen molar-refractivity contribution in [2.24, 2.45) is 0 Å². The average Bonchev–Trinajstić information content (AvgIpc) is 3.11. The standard InChI is InChI=1S/C25H31N5/c1-4-29(5-2)15-9-13-27-25-23-21-17-26-14-12-22(21)30(24(23)19(3)16-28-25)18-20-10-7-6-8-11-20/h6-8,10-12,14,16-17H,4-5,9,13,15,18H2,1-3H3,(H,27,28). The van der Waals surface area contributed by atoms with Gasteiger partial charge in [-0.3, -0.25) is 4.98 Å². The van der Waals surface area contributed by atoms with E-state index in [2.05, 4.69) is 76.9 Å². The number of nitrogens with zero attached hydrogens (tertiary/aromatic N) is 4. The first-order valence-corrected chi connectivity index (χ1v) is 10.9. The van der Waals surface area contributed by atoms with Crippen molar-refractivity contribution in [3.05, 3.63) is 66.1 Å². The van der Waals surface area contributed by atoms with Gasteiger partial charge in [-0.1, -0.05) is 44.2 Å². The molecular formula is C25H31N5. The van der Waals surface area contributed by atoms with E-state index in [1.165, 1.54) is 27.5 Å². The molecule has 0 atom stereocenters. The molecule has 0 unspecified atom stereocenters. The first-order valence-electron chi connectivity index (χ1n) is 10.9. The third-order valence-electron chi connectivity index (χ3n) is 5.88. The smallest absolute Gasteiger partial charge is 0.136 e. The summed E-state index contributed by atoms with van der Waals surface area (Å²) in [5.41, 5.74) is 4.91. The monoisotopic (exact) mass is 401 g/mol. The Morgan fingerprint density at radius 1 is 1.03 bits per heavy atom. The van der Waals surface area contributed by atoms with Crippen molar-refractivity contribution in [1.29, 1.82) is 0 Å². The van der Waals surface area contributed by atoms with Crippen molar-refractivity contribution in [3.8, 4) is 0 Å². The lowest BCUT2D eigenvalue weighted by molar-refractivity contribution is 0.303. The molecule has 0 aliphatic heterocycles. The van der Waals surface area contributed by atoms with Crippen LogP contribution in [-0.2, 0) is 6.54 Å². The molecule has 1 N–H and O–H groups in total. The van der Waals surface area contributed by atoms with Crippen LogP contribution in [0.2, 0.25) is 0 Å². The molecule has 0 spiro atoms. The van der Waals surface area contributed by atoms with Crippen molar-refractivity contribution in [1.82, 2.24) is 19.4 Å². The van der Waals surface area contributed by atoms with Gasteiger partial charge in [0.25, 0.3) is 0 Å². The highest BCUT2D eigenvalue weighted by Gasteiger charge is 2.17. The minimum atomic E-state index is 0.830. The number of aromatic nitrogens is 3. The zero-order valence-electron chi connectivity index (χ0n) is 18.2. The summed E-state index contributed by atoms with van der Waals surface area (Å²) in [5.74, 6) is 0.958. The molecule has 3 aromatic heterocycles. The van der Waals surface area contributed by atoms with E-state index in [0.29, 0.717) is 0 Å². The van der Waals surface area contributed by atoms with Crippen molar-refractivity contribution in [2.75, 3.05) is 31.5 Å². The van der Waals surface area contributed by atoms with Crippen molar-refractivity contribution >= 4 is 27.6 Å². The zero-order chi connectivity index (χ0) is 20.9. The quantitative estimate of drug-likeness (QED) is 0.397. The van der Waals surface area contributed by atoms with E-state index in [1.807, 2.05) is 18.6 Å². The van der Waals surface area contributed by atoms with Crippen LogP contribution in [0.4, 0.5) is 5.82 Å². The minimum Gasteiger partial charge on any atom is -0.369 e. The molecule has 3 heterocycles. The van der Waals surface area contributed by atoms with Crippen LogP contribution in [0.3, 0.4) is 0 Å². The largest absolute Gasteiger partial charge is 0.369 e. The molecule has 4 rings (SSSR count). The Morgan fingerprint density at radius 3 is 2.60 bits per heavy atom. The molecule has 4 aromatic rings. The molecule has 0 aliphatic rings. The van der Waals surface area contributed by atoms with Gasteiger partial charge < -0.3 is 14.8 Å². The van der Waals surface area contributed by atoms with Crippen LogP contribution >= 0.6 is 0 Å². The molecule has 0 fully saturated rings. The molecule has 0 saturated carbocycles. The van der Waals surface area contributed by atoms with Crippen molar-refractivity contribution in [2.45, 2.75) is 33.7 Å². The van der Waals surface area contributed by atoms with Gasteiger partial charge in [-0.2, -0.15) is 0 Å². The van der Waals surface area contributed by atoms with E-state index in [1.54, 1.807) is 0 Å². The number of anilines is 1. The van der Waals surface area contributed by atoms with Crippen LogP contribution in [0.5, 0.6) is 0 Å². The van der Waals surface area contributed by atoms with E-state index in [-0.39, 0.29) is 0 Å². The molecular weight excluding hydrogens is 370 g/mol. The molecule has 1 aromatic carbocycles. The number of pyridine rings is 2. The molecule has 156 valence electrons. The maximum absolute atomic E-state index is 4.77. The Morgan fingerprint density at radius 2 is 1.83 bits per heavy atom. The predicted molar refractivity (Wildman–Crippen MR) is 126 cm³/mol. The first kappa shape index (κ1) is 20.4. The van der Waals surface area contributed by atoms with Gasteiger partial charge in [-0.15, -0.1) is 0 Å². The third kappa shape index (κ3) is 4.03. The second-order valence-corrected chi connectivity index (χ2v) is 7.79. The van der Waals surface area contributed by atoms with Gasteiger partial charge in [-0.25, -0.2) is 4.98 Å². The Balaban J connectivity index is 1.71. The lowest BCUT2D eigenvalue weighted by Gasteiger charge is -2.18. The number of benzene rings is 1. The highest BCUT2D eigenvalue weighted by atomic mass is 15.1. The molecule has 0 saturated heterocycles. The van der Waals surface area contributed by atoms with Gasteiger partial charge in [0.15, 0.2) is 0 Å². The Kier molecular flexibility index (Phi) is 6.29. The SMILES string of the molecule is CCN(CC)CCCNc1ncc(C)c2c1c1cnccc1n2Cc1ccccc1. The number of aryl methyl sites for hydroxylation is 1. The maximum atomic E-state index is 4.77. The number of hydrogen-bond acceptors (Lipinski definition) is 4. The summed E-state index contributed by atoms with van der Waals surface area (Å²) in [6.07, 6.45) is 6.94. The molecule has 5 nitrogen and oxygen atoms in total. The molecule has 5 heteroatoms. The second kappa shape index (κ2) is 9.26. The number of nitrogens with one attached hydrogen (secondary N) is 1. The van der Waals surface area contributed by atoms with E-state index < -0.39 is 0 Å². The number of rotatable bonds is 9. The zero-order valence-corrected chi connectivity index (χ0v) is 18.2. The van der Waals surface area contributed by atoms with Crippen LogP contribution in [-0.4, -0.2) is 45.6 Å². The first-order chi connectivity index (χ1) is 14.7. The van der Waals surface area contributed by atoms with Gasteiger partial charge in [0.2, 0.25) is 0 Å². The molecule has 0 aliphatic carbocycles. The van der Waals surface area contributed by atoms with Crippen LogP contribution in [0.25, 0.3) is 21.8 Å². The highest BCUT2D eigenvalue weighted by molar-refractivity contribution is 6.13. The van der Waals surface area contributed by atoms with E-state index >= 15 is 0 Å². The summed E-state index contributed by atoms with van der Waals surface area (Å²) in [5, 5.41) is 5.94. The number of hydrogen-bond donors (Lipinski definition) is 1. The summed E-state index contributed by atoms with van der Waals surface area (Å²) < 4.78 is 2.40. The van der Waals surface area contributed by atoms with Crippen LogP contribution in [0.15, 0.2) is 55.0 Å². The fourth-order valence-corrected chi connectivity index (χ4v) is 4.25. The average molecular weight is 402 g/mol. The Hall–Kier alpha value is -2.92. The van der Waals surface area contributed by atoms with Gasteiger partial charge in [0.1, 0.15) is 5.82 Å². The minimum absolute atomic E-state index is 0.830. The summed E-state index contributed by atoms with van der Waals surface area (Å²) in [4.78, 5) is 11.6. The van der Waals surface area contributed by atoms with Crippen molar-refractivity contribution in [3.63, 3.8) is 0 Å². The third-order valence-corrected chi connectivity index (χ3v) is 5.88. The van der Waals surface area contributed by atoms with Gasteiger partial charge in [-0.05, 0) is 50.2 Å².